The molecule has 126 valence electrons. The maximum absolute atomic E-state index is 12.1. The predicted molar refractivity (Wildman–Crippen MR) is 92.9 cm³/mol. The van der Waals surface area contributed by atoms with Crippen LogP contribution in [0, 0.1) is 0 Å². The number of ether oxygens (including phenoxy) is 2. The van der Waals surface area contributed by atoms with Gasteiger partial charge in [-0.1, -0.05) is 12.1 Å². The number of nitrogens with zero attached hydrogens (tertiary/aromatic N) is 2. The summed E-state index contributed by atoms with van der Waals surface area (Å²) in [5, 5.41) is 0.636. The number of rotatable bonds is 5. The summed E-state index contributed by atoms with van der Waals surface area (Å²) in [4.78, 5) is 3.90. The first-order chi connectivity index (χ1) is 11.0. The first-order valence-corrected chi connectivity index (χ1v) is 9.63. The fourth-order valence-electron chi connectivity index (χ4n) is 3.34. The van der Waals surface area contributed by atoms with Gasteiger partial charge < -0.3 is 19.3 Å². The van der Waals surface area contributed by atoms with Gasteiger partial charge in [0, 0.05) is 13.7 Å². The molecule has 0 N–H and O–H groups in total. The summed E-state index contributed by atoms with van der Waals surface area (Å²) in [6, 6.07) is 7.23. The number of para-hydroxylation sites is 2. The molecule has 2 fully saturated rings. The topological polar surface area (TPSA) is 59.1 Å². The van der Waals surface area contributed by atoms with Crippen LogP contribution in [0.15, 0.2) is 24.3 Å². The highest BCUT2D eigenvalue weighted by Gasteiger charge is 2.52. The van der Waals surface area contributed by atoms with Crippen LogP contribution in [-0.2, 0) is 14.6 Å². The van der Waals surface area contributed by atoms with Crippen molar-refractivity contribution in [2.75, 3.05) is 43.8 Å². The van der Waals surface area contributed by atoms with Crippen molar-refractivity contribution in [2.24, 2.45) is 0 Å². The van der Waals surface area contributed by atoms with Gasteiger partial charge in [-0.3, -0.25) is 0 Å². The minimum Gasteiger partial charge on any atom is -0.495 e. The molecule has 2 aliphatic heterocycles. The molecule has 2 atom stereocenters. The molecule has 0 bridgehead atoms. The second kappa shape index (κ2) is 6.26. The molecule has 1 aromatic carbocycles. The normalized spacial score (nSPS) is 25.7. The summed E-state index contributed by atoms with van der Waals surface area (Å²) in [5.74, 6) is 0.929. The number of thiocarbonyl (C=S) groups is 1. The van der Waals surface area contributed by atoms with E-state index >= 15 is 0 Å². The molecule has 2 aliphatic rings. The summed E-state index contributed by atoms with van der Waals surface area (Å²) < 4.78 is 34.9. The third kappa shape index (κ3) is 2.90. The Balaban J connectivity index is 2.00. The van der Waals surface area contributed by atoms with Crippen molar-refractivity contribution in [3.05, 3.63) is 24.3 Å². The smallest absolute Gasteiger partial charge is 0.177 e. The number of hydrogen-bond donors (Lipinski definition) is 0. The quantitative estimate of drug-likeness (QED) is 0.727. The zero-order chi connectivity index (χ0) is 16.6. The van der Waals surface area contributed by atoms with Gasteiger partial charge in [0.25, 0.3) is 0 Å². The van der Waals surface area contributed by atoms with Crippen molar-refractivity contribution in [1.29, 1.82) is 0 Å². The van der Waals surface area contributed by atoms with Crippen LogP contribution < -0.4 is 9.64 Å². The van der Waals surface area contributed by atoms with Gasteiger partial charge in [-0.2, -0.15) is 0 Å². The summed E-state index contributed by atoms with van der Waals surface area (Å²) in [5.41, 5.74) is 0.812. The van der Waals surface area contributed by atoms with E-state index in [4.69, 9.17) is 21.7 Å². The maximum Gasteiger partial charge on any atom is 0.177 e. The highest BCUT2D eigenvalue weighted by atomic mass is 32.2. The van der Waals surface area contributed by atoms with Gasteiger partial charge in [0.05, 0.1) is 43.0 Å². The number of hydrogen-bond acceptors (Lipinski definition) is 5. The van der Waals surface area contributed by atoms with Crippen molar-refractivity contribution >= 4 is 32.9 Å². The Labute approximate surface area is 141 Å². The number of sulfone groups is 1. The molecule has 0 aliphatic carbocycles. The number of benzene rings is 1. The van der Waals surface area contributed by atoms with Crippen LogP contribution in [0.25, 0.3) is 0 Å². The molecular weight excluding hydrogens is 336 g/mol. The lowest BCUT2D eigenvalue weighted by Gasteiger charge is -2.26. The van der Waals surface area contributed by atoms with E-state index in [9.17, 15) is 8.42 Å². The third-order valence-corrected chi connectivity index (χ3v) is 6.49. The lowest BCUT2D eigenvalue weighted by molar-refractivity contribution is 0.169. The van der Waals surface area contributed by atoms with E-state index in [1.807, 2.05) is 34.1 Å². The first-order valence-electron chi connectivity index (χ1n) is 7.40. The molecule has 2 heterocycles. The zero-order valence-electron chi connectivity index (χ0n) is 13.1. The second-order valence-electron chi connectivity index (χ2n) is 5.72. The number of fused-ring (bicyclic) bond motifs is 1. The van der Waals surface area contributed by atoms with Crippen molar-refractivity contribution in [1.82, 2.24) is 4.90 Å². The summed E-state index contributed by atoms with van der Waals surface area (Å²) in [7, 11) is 0.154. The Morgan fingerprint density at radius 3 is 2.61 bits per heavy atom. The molecule has 0 amide bonds. The molecule has 6 nitrogen and oxygen atoms in total. The molecule has 23 heavy (non-hydrogen) atoms. The van der Waals surface area contributed by atoms with Crippen LogP contribution in [0.2, 0.25) is 0 Å². The van der Waals surface area contributed by atoms with Crippen LogP contribution in [0.3, 0.4) is 0 Å². The van der Waals surface area contributed by atoms with Crippen LogP contribution in [0.4, 0.5) is 5.69 Å². The molecule has 3 rings (SSSR count). The fourth-order valence-corrected chi connectivity index (χ4v) is 5.75. The summed E-state index contributed by atoms with van der Waals surface area (Å²) in [6.45, 7) is 1.08. The van der Waals surface area contributed by atoms with Gasteiger partial charge >= 0.3 is 0 Å². The van der Waals surface area contributed by atoms with Crippen molar-refractivity contribution in [3.8, 4) is 5.75 Å². The summed E-state index contributed by atoms with van der Waals surface area (Å²) >= 11 is 5.64. The highest BCUT2D eigenvalue weighted by Crippen LogP contribution is 2.39. The minimum absolute atomic E-state index is 0.110. The van der Waals surface area contributed by atoms with E-state index < -0.39 is 9.84 Å². The monoisotopic (exact) mass is 356 g/mol. The Morgan fingerprint density at radius 1 is 1.22 bits per heavy atom. The average molecular weight is 356 g/mol. The largest absolute Gasteiger partial charge is 0.495 e. The zero-order valence-corrected chi connectivity index (χ0v) is 14.8. The van der Waals surface area contributed by atoms with Gasteiger partial charge in [-0.25, -0.2) is 8.42 Å². The SMILES string of the molecule is COCCN1C(=S)N(c2ccccc2OC)[C@@H]2CS(=O)(=O)C[C@@H]21. The van der Waals surface area contributed by atoms with Gasteiger partial charge in [0.15, 0.2) is 14.9 Å². The molecule has 2 saturated heterocycles. The van der Waals surface area contributed by atoms with Crippen LogP contribution in [0.5, 0.6) is 5.75 Å². The van der Waals surface area contributed by atoms with E-state index in [-0.39, 0.29) is 23.6 Å². The van der Waals surface area contributed by atoms with Gasteiger partial charge in [-0.15, -0.1) is 0 Å². The lowest BCUT2D eigenvalue weighted by atomic mass is 10.1. The van der Waals surface area contributed by atoms with E-state index in [0.717, 1.165) is 5.69 Å². The number of methoxy groups -OCH3 is 2. The van der Waals surface area contributed by atoms with E-state index in [1.165, 1.54) is 0 Å². The molecule has 0 radical (unpaired) electrons. The molecular formula is C15H20N2O4S2. The van der Waals surface area contributed by atoms with Crippen LogP contribution >= 0.6 is 12.2 Å². The molecule has 0 aromatic heterocycles. The van der Waals surface area contributed by atoms with Gasteiger partial charge in [0.1, 0.15) is 5.75 Å². The second-order valence-corrected chi connectivity index (χ2v) is 8.24. The van der Waals surface area contributed by atoms with Gasteiger partial charge in [0.2, 0.25) is 0 Å². The lowest BCUT2D eigenvalue weighted by Crippen LogP contribution is -2.39. The number of anilines is 1. The van der Waals surface area contributed by atoms with Crippen molar-refractivity contribution in [3.63, 3.8) is 0 Å². The Bertz CT molecular complexity index is 707. The predicted octanol–water partition coefficient (Wildman–Crippen LogP) is 0.914. The maximum atomic E-state index is 12.1. The van der Waals surface area contributed by atoms with Crippen molar-refractivity contribution in [2.45, 2.75) is 12.1 Å². The van der Waals surface area contributed by atoms with Gasteiger partial charge in [-0.05, 0) is 24.4 Å². The molecule has 1 aromatic rings. The fraction of sp³-hybridized carbons (Fsp3) is 0.533. The van der Waals surface area contributed by atoms with Crippen molar-refractivity contribution < 1.29 is 17.9 Å². The standard InChI is InChI=1S/C15H20N2O4S2/c1-20-8-7-16-12-9-23(18,19)10-13(12)17(15(16)22)11-5-3-4-6-14(11)21-2/h3-6,12-13H,7-10H2,1-2H3/t12-,13+/m0/s1. The van der Waals surface area contributed by atoms with E-state index in [2.05, 4.69) is 0 Å². The molecule has 0 spiro atoms. The Kier molecular flexibility index (Phi) is 4.48. The van der Waals surface area contributed by atoms with E-state index in [1.54, 1.807) is 14.2 Å². The Hall–Kier alpha value is -1.38. The first kappa shape index (κ1) is 16.5. The van der Waals surface area contributed by atoms with E-state index in [0.29, 0.717) is 24.0 Å². The van der Waals surface area contributed by atoms with Crippen LogP contribution in [-0.4, -0.2) is 69.4 Å². The summed E-state index contributed by atoms with van der Waals surface area (Å²) in [6.07, 6.45) is 0. The molecule has 0 saturated carbocycles. The Morgan fingerprint density at radius 2 is 1.91 bits per heavy atom. The van der Waals surface area contributed by atoms with Crippen LogP contribution in [0.1, 0.15) is 0 Å². The molecule has 0 unspecified atom stereocenters. The average Bonchev–Trinajstić information content (AvgIpc) is 2.95. The highest BCUT2D eigenvalue weighted by molar-refractivity contribution is 7.91. The molecule has 8 heteroatoms. The third-order valence-electron chi connectivity index (χ3n) is 4.36. The minimum atomic E-state index is -3.07.